The number of carbonyl (C=O) groups excluding carboxylic acids is 1. The summed E-state index contributed by atoms with van der Waals surface area (Å²) in [6, 6.07) is 13.4. The second-order valence-electron chi connectivity index (χ2n) is 7.75. The number of carboxylic acids is 2. The third kappa shape index (κ3) is 15.0. The normalized spacial score (nSPS) is 13.5. The number of hydrogen-bond acceptors (Lipinski definition) is 5. The van der Waals surface area contributed by atoms with Crippen molar-refractivity contribution in [1.82, 2.24) is 15.2 Å². The molecule has 2 heterocycles. The molecular formula is C24H26F6N4O5. The number of carboxylic acid groups (broad SMARTS) is 2. The van der Waals surface area contributed by atoms with Gasteiger partial charge in [0, 0.05) is 25.0 Å². The van der Waals surface area contributed by atoms with Gasteiger partial charge in [-0.2, -0.15) is 26.3 Å². The van der Waals surface area contributed by atoms with E-state index in [0.29, 0.717) is 6.54 Å². The lowest BCUT2D eigenvalue weighted by atomic mass is 10.2. The second-order valence-corrected chi connectivity index (χ2v) is 7.75. The Labute approximate surface area is 219 Å². The molecule has 0 unspecified atom stereocenters. The molecule has 2 aromatic rings. The Morgan fingerprint density at radius 2 is 1.41 bits per heavy atom. The number of alkyl halides is 6. The van der Waals surface area contributed by atoms with E-state index in [1.54, 1.807) is 6.20 Å². The second kappa shape index (κ2) is 16.0. The van der Waals surface area contributed by atoms with Crippen LogP contribution in [0.25, 0.3) is 12.2 Å². The zero-order valence-corrected chi connectivity index (χ0v) is 20.3. The lowest BCUT2D eigenvalue weighted by Gasteiger charge is -2.15. The van der Waals surface area contributed by atoms with Crippen molar-refractivity contribution in [3.8, 4) is 0 Å². The third-order valence-electron chi connectivity index (χ3n) is 4.70. The molecule has 1 fully saturated rings. The van der Waals surface area contributed by atoms with Crippen molar-refractivity contribution >= 4 is 35.8 Å². The van der Waals surface area contributed by atoms with Gasteiger partial charge >= 0.3 is 30.3 Å². The maximum Gasteiger partial charge on any atom is 0.490 e. The summed E-state index contributed by atoms with van der Waals surface area (Å²) in [5, 5.41) is 20.0. The van der Waals surface area contributed by atoms with Gasteiger partial charge in [0.25, 0.3) is 0 Å². The first-order chi connectivity index (χ1) is 18.2. The number of amides is 2. The predicted octanol–water partition coefficient (Wildman–Crippen LogP) is 4.74. The van der Waals surface area contributed by atoms with Crippen LogP contribution in [0, 0.1) is 0 Å². The quantitative estimate of drug-likeness (QED) is 0.373. The number of rotatable bonds is 6. The molecule has 39 heavy (non-hydrogen) atoms. The molecule has 0 aliphatic carbocycles. The van der Waals surface area contributed by atoms with E-state index in [9.17, 15) is 31.1 Å². The lowest BCUT2D eigenvalue weighted by Crippen LogP contribution is -2.35. The van der Waals surface area contributed by atoms with Crippen LogP contribution < -0.4 is 10.6 Å². The number of hydrogen-bond donors (Lipinski definition) is 4. The number of benzene rings is 1. The van der Waals surface area contributed by atoms with Gasteiger partial charge in [-0.25, -0.2) is 14.4 Å². The summed E-state index contributed by atoms with van der Waals surface area (Å²) in [6.07, 6.45) is -1.88. The maximum atomic E-state index is 11.9. The minimum Gasteiger partial charge on any atom is -0.475 e. The SMILES string of the molecule is O=C(NCCN1CCCC1)Nc1ccc(C=Cc2ccccn2)cc1.O=C(O)C(F)(F)F.O=C(O)C(F)(F)F. The van der Waals surface area contributed by atoms with E-state index in [0.717, 1.165) is 36.6 Å². The Balaban J connectivity index is 0.000000449. The molecule has 0 atom stereocenters. The number of pyridine rings is 1. The minimum atomic E-state index is -5.08. The first-order valence-electron chi connectivity index (χ1n) is 11.2. The number of aromatic nitrogens is 1. The number of nitrogens with one attached hydrogen (secondary N) is 2. The Hall–Kier alpha value is -4.14. The smallest absolute Gasteiger partial charge is 0.475 e. The van der Waals surface area contributed by atoms with E-state index in [4.69, 9.17) is 19.8 Å². The van der Waals surface area contributed by atoms with Crippen molar-refractivity contribution < 1.29 is 50.9 Å². The molecule has 1 aliphatic rings. The summed E-state index contributed by atoms with van der Waals surface area (Å²) in [6.45, 7) is 3.90. The molecule has 9 nitrogen and oxygen atoms in total. The van der Waals surface area contributed by atoms with E-state index in [-0.39, 0.29) is 6.03 Å². The van der Waals surface area contributed by atoms with Gasteiger partial charge in [0.1, 0.15) is 0 Å². The average Bonchev–Trinajstić information content (AvgIpc) is 3.37. The minimum absolute atomic E-state index is 0.157. The van der Waals surface area contributed by atoms with Crippen molar-refractivity contribution in [1.29, 1.82) is 0 Å². The topological polar surface area (TPSA) is 132 Å². The molecule has 1 aromatic heterocycles. The molecule has 15 heteroatoms. The summed E-state index contributed by atoms with van der Waals surface area (Å²) in [5.41, 5.74) is 2.77. The number of aliphatic carboxylic acids is 2. The highest BCUT2D eigenvalue weighted by Gasteiger charge is 2.38. The number of halogens is 6. The molecule has 0 radical (unpaired) electrons. The Kier molecular flexibility index (Phi) is 13.5. The highest BCUT2D eigenvalue weighted by molar-refractivity contribution is 5.89. The number of likely N-dealkylation sites (tertiary alicyclic amines) is 1. The van der Waals surface area contributed by atoms with Crippen molar-refractivity contribution in [3.05, 3.63) is 59.9 Å². The van der Waals surface area contributed by atoms with Gasteiger partial charge in [0.05, 0.1) is 5.69 Å². The largest absolute Gasteiger partial charge is 0.490 e. The van der Waals surface area contributed by atoms with E-state index in [1.165, 1.54) is 12.8 Å². The zero-order chi connectivity index (χ0) is 29.5. The molecule has 0 bridgehead atoms. The van der Waals surface area contributed by atoms with E-state index in [1.807, 2.05) is 54.6 Å². The molecule has 1 aliphatic heterocycles. The summed E-state index contributed by atoms with van der Waals surface area (Å²) >= 11 is 0. The summed E-state index contributed by atoms with van der Waals surface area (Å²) in [5.74, 6) is -5.51. The van der Waals surface area contributed by atoms with Crippen LogP contribution in [0.5, 0.6) is 0 Å². The first-order valence-corrected chi connectivity index (χ1v) is 11.2. The fraction of sp³-hybridized carbons (Fsp3) is 0.333. The lowest BCUT2D eigenvalue weighted by molar-refractivity contribution is -0.193. The monoisotopic (exact) mass is 564 g/mol. The van der Waals surface area contributed by atoms with Gasteiger partial charge in [-0.15, -0.1) is 0 Å². The molecule has 4 N–H and O–H groups in total. The Bertz CT molecular complexity index is 1050. The molecule has 0 spiro atoms. The molecule has 0 saturated carbocycles. The Morgan fingerprint density at radius 3 is 1.87 bits per heavy atom. The van der Waals surface area contributed by atoms with Crippen LogP contribution in [0.15, 0.2) is 48.7 Å². The van der Waals surface area contributed by atoms with Gasteiger partial charge in [0.15, 0.2) is 0 Å². The first kappa shape index (κ1) is 32.9. The molecule has 1 aromatic carbocycles. The Morgan fingerprint density at radius 1 is 0.872 bits per heavy atom. The molecule has 214 valence electrons. The van der Waals surface area contributed by atoms with Crippen LogP contribution in [-0.2, 0) is 9.59 Å². The van der Waals surface area contributed by atoms with Crippen LogP contribution >= 0.6 is 0 Å². The number of urea groups is 1. The zero-order valence-electron chi connectivity index (χ0n) is 20.3. The van der Waals surface area contributed by atoms with E-state index >= 15 is 0 Å². The van der Waals surface area contributed by atoms with Crippen molar-refractivity contribution in [2.75, 3.05) is 31.5 Å². The van der Waals surface area contributed by atoms with Gasteiger partial charge in [-0.1, -0.05) is 24.3 Å². The van der Waals surface area contributed by atoms with E-state index < -0.39 is 24.3 Å². The summed E-state index contributed by atoms with van der Waals surface area (Å²) in [4.78, 5) is 36.3. The summed E-state index contributed by atoms with van der Waals surface area (Å²) in [7, 11) is 0. The molecule has 2 amide bonds. The van der Waals surface area contributed by atoms with Gasteiger partial charge < -0.3 is 25.7 Å². The number of carbonyl (C=O) groups is 3. The van der Waals surface area contributed by atoms with Crippen molar-refractivity contribution in [3.63, 3.8) is 0 Å². The van der Waals surface area contributed by atoms with Crippen molar-refractivity contribution in [2.24, 2.45) is 0 Å². The molecule has 1 saturated heterocycles. The van der Waals surface area contributed by atoms with Crippen LogP contribution in [0.1, 0.15) is 24.1 Å². The predicted molar refractivity (Wildman–Crippen MR) is 130 cm³/mol. The fourth-order valence-corrected chi connectivity index (χ4v) is 2.84. The van der Waals surface area contributed by atoms with Crippen LogP contribution in [0.4, 0.5) is 36.8 Å². The molecular weight excluding hydrogens is 538 g/mol. The maximum absolute atomic E-state index is 11.9. The highest BCUT2D eigenvalue weighted by Crippen LogP contribution is 2.14. The molecule has 3 rings (SSSR count). The summed E-state index contributed by atoms with van der Waals surface area (Å²) < 4.78 is 63.5. The van der Waals surface area contributed by atoms with Crippen molar-refractivity contribution in [2.45, 2.75) is 25.2 Å². The number of nitrogens with zero attached hydrogens (tertiary/aromatic N) is 2. The van der Waals surface area contributed by atoms with Gasteiger partial charge in [0.2, 0.25) is 0 Å². The standard InChI is InChI=1S/C20H24N4O.2C2HF3O2/c25-20(22-13-16-24-14-3-4-15-24)23-19-10-7-17(8-11-19)6-9-18-5-1-2-12-21-18;2*3-2(4,5)1(6)7/h1-2,5-12H,3-4,13-16H2,(H2,22,23,25);2*(H,6,7). The van der Waals surface area contributed by atoms with E-state index in [2.05, 4.69) is 20.5 Å². The van der Waals surface area contributed by atoms with Crippen LogP contribution in [-0.4, -0.2) is 76.6 Å². The van der Waals surface area contributed by atoms with Crippen LogP contribution in [0.2, 0.25) is 0 Å². The average molecular weight is 564 g/mol. The van der Waals surface area contributed by atoms with Gasteiger partial charge in [-0.3, -0.25) is 4.98 Å². The number of anilines is 1. The van der Waals surface area contributed by atoms with Gasteiger partial charge in [-0.05, 0) is 61.8 Å². The third-order valence-corrected chi connectivity index (χ3v) is 4.70. The highest BCUT2D eigenvalue weighted by atomic mass is 19.4. The van der Waals surface area contributed by atoms with Crippen LogP contribution in [0.3, 0.4) is 0 Å². The fourth-order valence-electron chi connectivity index (χ4n) is 2.84.